The molecule has 0 fully saturated rings. The van der Waals surface area contributed by atoms with E-state index in [0.717, 1.165) is 10.3 Å². The molecule has 0 saturated carbocycles. The molecule has 0 radical (unpaired) electrons. The van der Waals surface area contributed by atoms with E-state index < -0.39 is 0 Å². The highest BCUT2D eigenvalue weighted by Crippen LogP contribution is 2.27. The SMILES string of the molecule is Brc1ccc2c(c1)SCN=C2. The van der Waals surface area contributed by atoms with Gasteiger partial charge in [-0.2, -0.15) is 0 Å². The summed E-state index contributed by atoms with van der Waals surface area (Å²) in [5.74, 6) is 0.851. The Labute approximate surface area is 78.0 Å². The van der Waals surface area contributed by atoms with Gasteiger partial charge in [-0.05, 0) is 12.1 Å². The lowest BCUT2D eigenvalue weighted by atomic mass is 10.2. The van der Waals surface area contributed by atoms with Crippen LogP contribution in [0.15, 0.2) is 32.6 Å². The van der Waals surface area contributed by atoms with Crippen LogP contribution in [0.25, 0.3) is 0 Å². The number of benzene rings is 1. The molecule has 1 aromatic rings. The number of nitrogens with zero attached hydrogens (tertiary/aromatic N) is 1. The van der Waals surface area contributed by atoms with Crippen LogP contribution < -0.4 is 0 Å². The van der Waals surface area contributed by atoms with Gasteiger partial charge in [0.2, 0.25) is 0 Å². The molecular formula is C8H6BrNS. The van der Waals surface area contributed by atoms with Gasteiger partial charge >= 0.3 is 0 Å². The molecule has 1 heterocycles. The fraction of sp³-hybridized carbons (Fsp3) is 0.125. The highest BCUT2D eigenvalue weighted by molar-refractivity contribution is 9.10. The summed E-state index contributed by atoms with van der Waals surface area (Å²) in [5, 5.41) is 0. The maximum Gasteiger partial charge on any atom is 0.0890 e. The third kappa shape index (κ3) is 1.49. The van der Waals surface area contributed by atoms with Gasteiger partial charge in [-0.25, -0.2) is 0 Å². The van der Waals surface area contributed by atoms with Gasteiger partial charge in [-0.3, -0.25) is 4.99 Å². The van der Waals surface area contributed by atoms with E-state index in [1.807, 2.05) is 12.3 Å². The van der Waals surface area contributed by atoms with Crippen LogP contribution in [0.2, 0.25) is 0 Å². The Hall–Kier alpha value is -0.280. The Morgan fingerprint density at radius 2 is 2.36 bits per heavy atom. The number of hydrogen-bond acceptors (Lipinski definition) is 2. The van der Waals surface area contributed by atoms with E-state index in [9.17, 15) is 0 Å². The zero-order valence-electron chi connectivity index (χ0n) is 5.75. The van der Waals surface area contributed by atoms with E-state index in [1.54, 1.807) is 11.8 Å². The molecule has 0 unspecified atom stereocenters. The number of halogens is 1. The van der Waals surface area contributed by atoms with E-state index in [0.29, 0.717) is 0 Å². The molecule has 1 aromatic carbocycles. The van der Waals surface area contributed by atoms with Crippen molar-refractivity contribution < 1.29 is 0 Å². The maximum absolute atomic E-state index is 4.17. The Morgan fingerprint density at radius 3 is 3.27 bits per heavy atom. The minimum Gasteiger partial charge on any atom is -0.281 e. The first-order chi connectivity index (χ1) is 5.36. The van der Waals surface area contributed by atoms with Crippen LogP contribution in [0.4, 0.5) is 0 Å². The molecule has 0 aliphatic carbocycles. The van der Waals surface area contributed by atoms with Gasteiger partial charge in [0.15, 0.2) is 0 Å². The van der Waals surface area contributed by atoms with Gasteiger partial charge in [0.1, 0.15) is 0 Å². The lowest BCUT2D eigenvalue weighted by Crippen LogP contribution is -1.92. The maximum atomic E-state index is 4.17. The largest absolute Gasteiger partial charge is 0.281 e. The van der Waals surface area contributed by atoms with Crippen molar-refractivity contribution in [2.24, 2.45) is 4.99 Å². The van der Waals surface area contributed by atoms with Crippen LogP contribution in [0.1, 0.15) is 5.56 Å². The summed E-state index contributed by atoms with van der Waals surface area (Å²) in [4.78, 5) is 5.48. The number of thioether (sulfide) groups is 1. The number of hydrogen-bond donors (Lipinski definition) is 0. The van der Waals surface area contributed by atoms with Gasteiger partial charge in [0, 0.05) is 21.1 Å². The van der Waals surface area contributed by atoms with Crippen LogP contribution in [-0.4, -0.2) is 12.1 Å². The molecule has 56 valence electrons. The van der Waals surface area contributed by atoms with Crippen molar-refractivity contribution in [1.29, 1.82) is 0 Å². The average molecular weight is 228 g/mol. The molecule has 1 aliphatic heterocycles. The van der Waals surface area contributed by atoms with E-state index in [2.05, 4.69) is 33.1 Å². The molecule has 0 saturated heterocycles. The Morgan fingerprint density at radius 1 is 1.45 bits per heavy atom. The van der Waals surface area contributed by atoms with Gasteiger partial charge < -0.3 is 0 Å². The van der Waals surface area contributed by atoms with E-state index in [-0.39, 0.29) is 0 Å². The lowest BCUT2D eigenvalue weighted by molar-refractivity contribution is 1.30. The lowest BCUT2D eigenvalue weighted by Gasteiger charge is -2.08. The average Bonchev–Trinajstić information content (AvgIpc) is 2.04. The molecule has 2 rings (SSSR count). The summed E-state index contributed by atoms with van der Waals surface area (Å²) >= 11 is 5.21. The first-order valence-corrected chi connectivity index (χ1v) is 5.06. The smallest absolute Gasteiger partial charge is 0.0890 e. The molecule has 0 aromatic heterocycles. The molecule has 1 aliphatic rings. The number of fused-ring (bicyclic) bond motifs is 1. The molecule has 0 bridgehead atoms. The molecule has 0 spiro atoms. The summed E-state index contributed by atoms with van der Waals surface area (Å²) in [7, 11) is 0. The first-order valence-electron chi connectivity index (χ1n) is 3.28. The summed E-state index contributed by atoms with van der Waals surface area (Å²) in [5.41, 5.74) is 1.23. The zero-order valence-corrected chi connectivity index (χ0v) is 8.15. The predicted molar refractivity (Wildman–Crippen MR) is 52.5 cm³/mol. The number of aliphatic imine (C=N–C) groups is 1. The van der Waals surface area contributed by atoms with E-state index >= 15 is 0 Å². The predicted octanol–water partition coefficient (Wildman–Crippen LogP) is 2.93. The quantitative estimate of drug-likeness (QED) is 0.665. The van der Waals surface area contributed by atoms with Crippen molar-refractivity contribution in [1.82, 2.24) is 0 Å². The van der Waals surface area contributed by atoms with Crippen molar-refractivity contribution in [3.8, 4) is 0 Å². The van der Waals surface area contributed by atoms with Gasteiger partial charge in [-0.1, -0.05) is 22.0 Å². The Bertz CT molecular complexity index is 309. The minimum absolute atomic E-state index is 0.851. The van der Waals surface area contributed by atoms with Crippen LogP contribution in [0.5, 0.6) is 0 Å². The Kier molecular flexibility index (Phi) is 2.00. The van der Waals surface area contributed by atoms with Crippen molar-refractivity contribution in [2.75, 3.05) is 5.88 Å². The Balaban J connectivity index is 2.53. The second-order valence-electron chi connectivity index (χ2n) is 2.27. The van der Waals surface area contributed by atoms with Gasteiger partial charge in [-0.15, -0.1) is 11.8 Å². The van der Waals surface area contributed by atoms with Crippen molar-refractivity contribution in [3.63, 3.8) is 0 Å². The van der Waals surface area contributed by atoms with Crippen molar-refractivity contribution >= 4 is 33.9 Å². The summed E-state index contributed by atoms with van der Waals surface area (Å²) in [6, 6.07) is 6.25. The van der Waals surface area contributed by atoms with E-state index in [1.165, 1.54) is 10.5 Å². The van der Waals surface area contributed by atoms with Gasteiger partial charge in [0.25, 0.3) is 0 Å². The van der Waals surface area contributed by atoms with E-state index in [4.69, 9.17) is 0 Å². The van der Waals surface area contributed by atoms with Crippen molar-refractivity contribution in [3.05, 3.63) is 28.2 Å². The van der Waals surface area contributed by atoms with Crippen LogP contribution in [-0.2, 0) is 0 Å². The van der Waals surface area contributed by atoms with Crippen LogP contribution in [0.3, 0.4) is 0 Å². The molecule has 1 nitrogen and oxygen atoms in total. The molecular weight excluding hydrogens is 222 g/mol. The highest BCUT2D eigenvalue weighted by Gasteiger charge is 2.04. The van der Waals surface area contributed by atoms with Crippen molar-refractivity contribution in [2.45, 2.75) is 4.90 Å². The number of rotatable bonds is 0. The fourth-order valence-electron chi connectivity index (χ4n) is 0.982. The highest BCUT2D eigenvalue weighted by atomic mass is 79.9. The molecule has 0 atom stereocenters. The second-order valence-corrected chi connectivity index (χ2v) is 4.17. The summed E-state index contributed by atoms with van der Waals surface area (Å²) in [6.45, 7) is 0. The standard InChI is InChI=1S/C8H6BrNS/c9-7-2-1-6-4-10-5-11-8(6)3-7/h1-4H,5H2. The molecule has 0 N–H and O–H groups in total. The first kappa shape index (κ1) is 7.37. The third-order valence-corrected chi connectivity index (χ3v) is 2.94. The summed E-state index contributed by atoms with van der Waals surface area (Å²) < 4.78 is 1.14. The molecule has 3 heteroatoms. The molecule has 11 heavy (non-hydrogen) atoms. The third-order valence-electron chi connectivity index (χ3n) is 1.50. The van der Waals surface area contributed by atoms with Gasteiger partial charge in [0.05, 0.1) is 5.88 Å². The van der Waals surface area contributed by atoms with Crippen LogP contribution >= 0.6 is 27.7 Å². The zero-order chi connectivity index (χ0) is 7.68. The van der Waals surface area contributed by atoms with Crippen LogP contribution in [0, 0.1) is 0 Å². The normalized spacial score (nSPS) is 14.6. The summed E-state index contributed by atoms with van der Waals surface area (Å²) in [6.07, 6.45) is 1.93. The topological polar surface area (TPSA) is 12.4 Å². The fourth-order valence-corrected chi connectivity index (χ4v) is 2.28. The minimum atomic E-state index is 0.851. The second kappa shape index (κ2) is 2.99. The monoisotopic (exact) mass is 227 g/mol. The molecule has 0 amide bonds.